The van der Waals surface area contributed by atoms with Crippen molar-refractivity contribution in [1.29, 1.82) is 0 Å². The number of hydrogen-bond donors (Lipinski definition) is 1. The number of nitrogens with one attached hydrogen (secondary N) is 1. The van der Waals surface area contributed by atoms with E-state index in [1.807, 2.05) is 18.2 Å². The molecule has 0 spiro atoms. The van der Waals surface area contributed by atoms with E-state index in [1.54, 1.807) is 17.0 Å². The van der Waals surface area contributed by atoms with Crippen molar-refractivity contribution in [1.82, 2.24) is 0 Å². The number of benzene rings is 1. The molecule has 1 amide bonds. The molecule has 2 rings (SSSR count). The van der Waals surface area contributed by atoms with Crippen LogP contribution in [0.4, 0.5) is 5.69 Å². The van der Waals surface area contributed by atoms with Crippen molar-refractivity contribution in [3.63, 3.8) is 0 Å². The first-order chi connectivity index (χ1) is 9.15. The average molecular weight is 256 g/mol. The van der Waals surface area contributed by atoms with Gasteiger partial charge in [-0.05, 0) is 17.7 Å². The van der Waals surface area contributed by atoms with Crippen molar-refractivity contribution in [3.8, 4) is 0 Å². The SMILES string of the molecule is O=C(C[n+]1ccccc1)Nc1ccc(C(=O)[O-])cc1. The second kappa shape index (κ2) is 5.77. The molecular formula is C14H12N2O3. The summed E-state index contributed by atoms with van der Waals surface area (Å²) in [5.41, 5.74) is 0.627. The Kier molecular flexibility index (Phi) is 3.87. The molecule has 1 aromatic carbocycles. The molecule has 0 radical (unpaired) electrons. The molecule has 1 N–H and O–H groups in total. The van der Waals surface area contributed by atoms with E-state index in [9.17, 15) is 14.7 Å². The normalized spacial score (nSPS) is 9.89. The van der Waals surface area contributed by atoms with Crippen LogP contribution in [0.15, 0.2) is 54.9 Å². The van der Waals surface area contributed by atoms with Gasteiger partial charge in [0.25, 0.3) is 5.91 Å². The molecule has 0 aliphatic rings. The van der Waals surface area contributed by atoms with Crippen molar-refractivity contribution < 1.29 is 19.3 Å². The van der Waals surface area contributed by atoms with E-state index < -0.39 is 5.97 Å². The minimum Gasteiger partial charge on any atom is -0.545 e. The molecule has 96 valence electrons. The molecule has 0 bridgehead atoms. The lowest BCUT2D eigenvalue weighted by Gasteiger charge is -2.05. The smallest absolute Gasteiger partial charge is 0.290 e. The number of pyridine rings is 1. The maximum atomic E-state index is 11.7. The topological polar surface area (TPSA) is 73.1 Å². The van der Waals surface area contributed by atoms with Gasteiger partial charge in [0.15, 0.2) is 12.4 Å². The molecular weight excluding hydrogens is 244 g/mol. The Morgan fingerprint density at radius 2 is 1.68 bits per heavy atom. The van der Waals surface area contributed by atoms with Gasteiger partial charge < -0.3 is 15.2 Å². The summed E-state index contributed by atoms with van der Waals surface area (Å²) in [6.45, 7) is 0.197. The number of nitrogens with zero attached hydrogens (tertiary/aromatic N) is 1. The Morgan fingerprint density at radius 3 is 2.26 bits per heavy atom. The highest BCUT2D eigenvalue weighted by Crippen LogP contribution is 2.08. The summed E-state index contributed by atoms with van der Waals surface area (Å²) in [5.74, 6) is -1.42. The highest BCUT2D eigenvalue weighted by Gasteiger charge is 2.08. The van der Waals surface area contributed by atoms with E-state index >= 15 is 0 Å². The van der Waals surface area contributed by atoms with Gasteiger partial charge in [-0.25, -0.2) is 0 Å². The van der Waals surface area contributed by atoms with Crippen LogP contribution in [0, 0.1) is 0 Å². The maximum Gasteiger partial charge on any atom is 0.290 e. The van der Waals surface area contributed by atoms with Crippen molar-refractivity contribution in [2.75, 3.05) is 5.32 Å². The third kappa shape index (κ3) is 3.64. The van der Waals surface area contributed by atoms with Crippen molar-refractivity contribution >= 4 is 17.6 Å². The van der Waals surface area contributed by atoms with Gasteiger partial charge in [-0.2, -0.15) is 4.57 Å². The van der Waals surface area contributed by atoms with Crippen LogP contribution in [0.2, 0.25) is 0 Å². The van der Waals surface area contributed by atoms with Gasteiger partial charge in [0.2, 0.25) is 6.54 Å². The molecule has 5 heteroatoms. The first-order valence-electron chi connectivity index (χ1n) is 5.70. The second-order valence-electron chi connectivity index (χ2n) is 3.96. The van der Waals surface area contributed by atoms with Crippen LogP contribution >= 0.6 is 0 Å². The molecule has 19 heavy (non-hydrogen) atoms. The summed E-state index contributed by atoms with van der Waals surface area (Å²) in [6.07, 6.45) is 3.58. The summed E-state index contributed by atoms with van der Waals surface area (Å²) in [6, 6.07) is 11.4. The number of aromatic carboxylic acids is 1. The highest BCUT2D eigenvalue weighted by atomic mass is 16.4. The van der Waals surface area contributed by atoms with Gasteiger partial charge in [-0.15, -0.1) is 0 Å². The molecule has 0 aliphatic heterocycles. The molecule has 0 unspecified atom stereocenters. The van der Waals surface area contributed by atoms with E-state index in [0.29, 0.717) is 5.69 Å². The zero-order chi connectivity index (χ0) is 13.7. The quantitative estimate of drug-likeness (QED) is 0.781. The number of carboxylic acids is 1. The Labute approximate surface area is 110 Å². The number of carbonyl (C=O) groups excluding carboxylic acids is 2. The van der Waals surface area contributed by atoms with Gasteiger partial charge >= 0.3 is 0 Å². The lowest BCUT2D eigenvalue weighted by molar-refractivity contribution is -0.684. The van der Waals surface area contributed by atoms with Crippen molar-refractivity contribution in [2.45, 2.75) is 6.54 Å². The summed E-state index contributed by atoms with van der Waals surface area (Å²) in [4.78, 5) is 22.3. The largest absolute Gasteiger partial charge is 0.545 e. The number of carbonyl (C=O) groups is 2. The first-order valence-corrected chi connectivity index (χ1v) is 5.70. The third-order valence-corrected chi connectivity index (χ3v) is 2.51. The average Bonchev–Trinajstić information content (AvgIpc) is 2.40. The predicted molar refractivity (Wildman–Crippen MR) is 66.0 cm³/mol. The van der Waals surface area contributed by atoms with Crippen LogP contribution in [0.5, 0.6) is 0 Å². The van der Waals surface area contributed by atoms with E-state index in [2.05, 4.69) is 5.32 Å². The number of aromatic nitrogens is 1. The van der Waals surface area contributed by atoms with E-state index in [1.165, 1.54) is 24.3 Å². The highest BCUT2D eigenvalue weighted by molar-refractivity contribution is 5.91. The number of amides is 1. The fourth-order valence-corrected chi connectivity index (χ4v) is 1.60. The Hall–Kier alpha value is -2.69. The molecule has 0 saturated heterocycles. The lowest BCUT2D eigenvalue weighted by Crippen LogP contribution is -2.39. The van der Waals surface area contributed by atoms with Crippen molar-refractivity contribution in [3.05, 3.63) is 60.4 Å². The van der Waals surface area contributed by atoms with Gasteiger partial charge in [-0.1, -0.05) is 18.2 Å². The lowest BCUT2D eigenvalue weighted by atomic mass is 10.2. The van der Waals surface area contributed by atoms with Crippen LogP contribution in [0.3, 0.4) is 0 Å². The van der Waals surface area contributed by atoms with Crippen LogP contribution in [-0.2, 0) is 11.3 Å². The number of carboxylic acid groups (broad SMARTS) is 1. The Morgan fingerprint density at radius 1 is 1.05 bits per heavy atom. The Balaban J connectivity index is 1.97. The molecule has 1 aromatic heterocycles. The van der Waals surface area contributed by atoms with E-state index in [4.69, 9.17) is 0 Å². The van der Waals surface area contributed by atoms with E-state index in [-0.39, 0.29) is 18.0 Å². The van der Waals surface area contributed by atoms with Crippen molar-refractivity contribution in [2.24, 2.45) is 0 Å². The molecule has 0 atom stereocenters. The summed E-state index contributed by atoms with van der Waals surface area (Å²) in [5, 5.41) is 13.3. The molecule has 5 nitrogen and oxygen atoms in total. The second-order valence-corrected chi connectivity index (χ2v) is 3.96. The standard InChI is InChI=1S/C14H12N2O3/c17-13(10-16-8-2-1-3-9-16)15-12-6-4-11(5-7-12)14(18)19/h1-9H,10H2,(H-,15,17,18,19). The number of hydrogen-bond acceptors (Lipinski definition) is 3. The molecule has 2 aromatic rings. The summed E-state index contributed by atoms with van der Waals surface area (Å²) >= 11 is 0. The zero-order valence-electron chi connectivity index (χ0n) is 10.1. The zero-order valence-corrected chi connectivity index (χ0v) is 10.1. The van der Waals surface area contributed by atoms with Crippen LogP contribution in [-0.4, -0.2) is 11.9 Å². The fraction of sp³-hybridized carbons (Fsp3) is 0.0714. The molecule has 0 aliphatic carbocycles. The van der Waals surface area contributed by atoms with Crippen LogP contribution in [0.1, 0.15) is 10.4 Å². The third-order valence-electron chi connectivity index (χ3n) is 2.51. The van der Waals surface area contributed by atoms with E-state index in [0.717, 1.165) is 0 Å². The fourth-order valence-electron chi connectivity index (χ4n) is 1.60. The molecule has 0 saturated carbocycles. The number of anilines is 1. The van der Waals surface area contributed by atoms with Gasteiger partial charge in [0.1, 0.15) is 0 Å². The molecule has 0 fully saturated rings. The van der Waals surface area contributed by atoms with Crippen LogP contribution in [0.25, 0.3) is 0 Å². The minimum atomic E-state index is -1.24. The Bertz CT molecular complexity index is 579. The maximum absolute atomic E-state index is 11.7. The summed E-state index contributed by atoms with van der Waals surface area (Å²) < 4.78 is 1.74. The van der Waals surface area contributed by atoms with Gasteiger partial charge in [0, 0.05) is 17.8 Å². The van der Waals surface area contributed by atoms with Crippen LogP contribution < -0.4 is 15.0 Å². The number of rotatable bonds is 4. The monoisotopic (exact) mass is 256 g/mol. The minimum absolute atomic E-state index is 0.0791. The van der Waals surface area contributed by atoms with Gasteiger partial charge in [0.05, 0.1) is 5.97 Å². The molecule has 1 heterocycles. The van der Waals surface area contributed by atoms with Gasteiger partial charge in [-0.3, -0.25) is 4.79 Å². The predicted octanol–water partition coefficient (Wildman–Crippen LogP) is -0.0237. The summed E-state index contributed by atoms with van der Waals surface area (Å²) in [7, 11) is 0. The first kappa shape index (κ1) is 12.8.